The Morgan fingerprint density at radius 3 is 2.53 bits per heavy atom. The van der Waals surface area contributed by atoms with Gasteiger partial charge in [0, 0.05) is 10.4 Å². The van der Waals surface area contributed by atoms with Crippen molar-refractivity contribution < 1.29 is 38.1 Å². The monoisotopic (exact) mass is 550 g/mol. The van der Waals surface area contributed by atoms with E-state index in [9.17, 15) is 14.4 Å². The van der Waals surface area contributed by atoms with E-state index < -0.39 is 41.8 Å². The fourth-order valence-corrected chi connectivity index (χ4v) is 5.43. The van der Waals surface area contributed by atoms with Crippen molar-refractivity contribution >= 4 is 39.9 Å². The van der Waals surface area contributed by atoms with Gasteiger partial charge in [0.2, 0.25) is 6.29 Å². The molecule has 0 saturated carbocycles. The van der Waals surface area contributed by atoms with Crippen molar-refractivity contribution in [3.05, 3.63) is 93.7 Å². The Bertz CT molecular complexity index is 1360. The minimum Gasteiger partial charge on any atom is -0.471 e. The third kappa shape index (κ3) is 3.50. The van der Waals surface area contributed by atoms with Gasteiger partial charge in [0.15, 0.2) is 5.60 Å². The minimum atomic E-state index is -1.05. The van der Waals surface area contributed by atoms with Crippen molar-refractivity contribution in [2.75, 3.05) is 7.11 Å². The first-order valence-electron chi connectivity index (χ1n) is 11.2. The molecule has 4 aliphatic rings. The molecule has 0 radical (unpaired) electrons. The summed E-state index contributed by atoms with van der Waals surface area (Å²) >= 11 is 3.33. The molecule has 0 unspecified atom stereocenters. The van der Waals surface area contributed by atoms with Crippen LogP contribution < -0.4 is 4.74 Å². The Balaban J connectivity index is 1.22. The Morgan fingerprint density at radius 1 is 1.06 bits per heavy atom. The first kappa shape index (κ1) is 22.8. The van der Waals surface area contributed by atoms with E-state index in [0.717, 1.165) is 4.47 Å². The van der Waals surface area contributed by atoms with Crippen LogP contribution in [-0.2, 0) is 28.5 Å². The molecule has 3 heterocycles. The molecule has 0 amide bonds. The first-order chi connectivity index (χ1) is 17.4. The van der Waals surface area contributed by atoms with Crippen molar-refractivity contribution in [1.29, 1.82) is 0 Å². The third-order valence-electron chi connectivity index (χ3n) is 6.83. The van der Waals surface area contributed by atoms with E-state index in [4.69, 9.17) is 23.7 Å². The predicted octanol–water partition coefficient (Wildman–Crippen LogP) is 3.96. The summed E-state index contributed by atoms with van der Waals surface area (Å²) in [6, 6.07) is 13.6. The van der Waals surface area contributed by atoms with Gasteiger partial charge in [-0.25, -0.2) is 14.4 Å². The molecule has 9 heteroatoms. The summed E-state index contributed by atoms with van der Waals surface area (Å²) in [6.07, 6.45) is 5.34. The summed E-state index contributed by atoms with van der Waals surface area (Å²) in [5.41, 5.74) is 0.786. The second-order valence-electron chi connectivity index (χ2n) is 8.80. The number of ether oxygens (including phenoxy) is 5. The van der Waals surface area contributed by atoms with Crippen LogP contribution in [0.4, 0.5) is 0 Å². The van der Waals surface area contributed by atoms with Gasteiger partial charge < -0.3 is 23.7 Å². The number of carbonyl (C=O) groups is 3. The smallest absolute Gasteiger partial charge is 0.343 e. The molecule has 0 N–H and O–H groups in total. The lowest BCUT2D eigenvalue weighted by Gasteiger charge is -2.32. The standard InChI is InChI=1S/C27H19BrO8/c1-32-24(30)20-13-33-26-21-18(20)10-11-27(21)22(35-26)19(25(31)36-27)12-14-2-8-17(9-3-14)34-23(29)15-4-6-16(28)7-5-15/h2-13,18,21-22,26H,1H3/b19-12+/t18-,21-,22+,26-,27+/m1/s1. The predicted molar refractivity (Wildman–Crippen MR) is 128 cm³/mol. The highest BCUT2D eigenvalue weighted by atomic mass is 79.9. The highest BCUT2D eigenvalue weighted by Gasteiger charge is 2.70. The number of methoxy groups -OCH3 is 1. The van der Waals surface area contributed by atoms with Crippen LogP contribution in [0.2, 0.25) is 0 Å². The van der Waals surface area contributed by atoms with E-state index in [1.165, 1.54) is 13.4 Å². The number of hydrogen-bond acceptors (Lipinski definition) is 8. The number of allylic oxidation sites excluding steroid dienone is 1. The van der Waals surface area contributed by atoms with Gasteiger partial charge in [0.1, 0.15) is 11.9 Å². The third-order valence-corrected chi connectivity index (χ3v) is 7.36. The summed E-state index contributed by atoms with van der Waals surface area (Å²) in [4.78, 5) is 37.4. The van der Waals surface area contributed by atoms with Crippen molar-refractivity contribution in [3.63, 3.8) is 0 Å². The molecule has 0 aromatic heterocycles. The normalized spacial score (nSPS) is 30.2. The number of benzene rings is 2. The van der Waals surface area contributed by atoms with Gasteiger partial charge in [0.25, 0.3) is 0 Å². The van der Waals surface area contributed by atoms with Crippen molar-refractivity contribution in [2.24, 2.45) is 11.8 Å². The Morgan fingerprint density at radius 2 is 1.81 bits per heavy atom. The first-order valence-corrected chi connectivity index (χ1v) is 12.0. The lowest BCUT2D eigenvalue weighted by molar-refractivity contribution is -0.152. The zero-order valence-electron chi connectivity index (χ0n) is 18.9. The molecule has 5 atom stereocenters. The molecule has 3 aliphatic heterocycles. The van der Waals surface area contributed by atoms with Crippen LogP contribution in [0.3, 0.4) is 0 Å². The van der Waals surface area contributed by atoms with Gasteiger partial charge in [0.05, 0.1) is 36.0 Å². The van der Waals surface area contributed by atoms with Gasteiger partial charge in [-0.2, -0.15) is 0 Å². The SMILES string of the molecule is COC(=O)C1=CO[C@@H]2O[C@H]3/C(=C\c4ccc(OC(=O)c5ccc(Br)cc5)cc4)C(=O)O[C@]34C=C[C@H]1[C@H]24. The molecule has 36 heavy (non-hydrogen) atoms. The molecule has 8 nitrogen and oxygen atoms in total. The van der Waals surface area contributed by atoms with E-state index in [2.05, 4.69) is 15.9 Å². The summed E-state index contributed by atoms with van der Waals surface area (Å²) in [5.74, 6) is -1.83. The van der Waals surface area contributed by atoms with Gasteiger partial charge in [-0.1, -0.05) is 34.1 Å². The maximum Gasteiger partial charge on any atom is 0.343 e. The molecule has 0 bridgehead atoms. The molecule has 1 aliphatic carbocycles. The number of carbonyl (C=O) groups excluding carboxylic acids is 3. The Hall–Kier alpha value is -3.69. The van der Waals surface area contributed by atoms with Crippen LogP contribution >= 0.6 is 15.9 Å². The average Bonchev–Trinajstić information content (AvgIpc) is 3.49. The zero-order valence-corrected chi connectivity index (χ0v) is 20.5. The highest BCUT2D eigenvalue weighted by Crippen LogP contribution is 2.58. The fourth-order valence-electron chi connectivity index (χ4n) is 5.17. The molecule has 2 aromatic rings. The van der Waals surface area contributed by atoms with Crippen LogP contribution in [-0.4, -0.2) is 43.0 Å². The number of hydrogen-bond donors (Lipinski definition) is 0. The van der Waals surface area contributed by atoms with E-state index >= 15 is 0 Å². The van der Waals surface area contributed by atoms with Crippen molar-refractivity contribution in [2.45, 2.75) is 18.0 Å². The molecule has 2 aromatic carbocycles. The Labute approximate surface area is 214 Å². The maximum absolute atomic E-state index is 12.9. The fraction of sp³-hybridized carbons (Fsp3) is 0.222. The van der Waals surface area contributed by atoms with Crippen molar-refractivity contribution in [3.8, 4) is 5.75 Å². The topological polar surface area (TPSA) is 97.4 Å². The van der Waals surface area contributed by atoms with Crippen LogP contribution in [0.25, 0.3) is 6.08 Å². The minimum absolute atomic E-state index is 0.340. The van der Waals surface area contributed by atoms with E-state index in [0.29, 0.717) is 28.0 Å². The molecule has 182 valence electrons. The highest BCUT2D eigenvalue weighted by molar-refractivity contribution is 9.10. The summed E-state index contributed by atoms with van der Waals surface area (Å²) < 4.78 is 28.8. The molecule has 6 rings (SSSR count). The number of esters is 3. The number of rotatable bonds is 4. The second kappa shape index (κ2) is 8.46. The van der Waals surface area contributed by atoms with E-state index in [-0.39, 0.29) is 5.92 Å². The lowest BCUT2D eigenvalue weighted by atomic mass is 9.78. The Kier molecular flexibility index (Phi) is 5.35. The molecule has 2 saturated heterocycles. The van der Waals surface area contributed by atoms with Gasteiger partial charge >= 0.3 is 17.9 Å². The van der Waals surface area contributed by atoms with Gasteiger partial charge in [-0.15, -0.1) is 0 Å². The van der Waals surface area contributed by atoms with Gasteiger partial charge in [-0.05, 0) is 54.1 Å². The van der Waals surface area contributed by atoms with E-state index in [1.807, 2.05) is 6.08 Å². The second-order valence-corrected chi connectivity index (χ2v) is 9.72. The van der Waals surface area contributed by atoms with E-state index in [1.54, 1.807) is 60.7 Å². The maximum atomic E-state index is 12.9. The van der Waals surface area contributed by atoms with Crippen LogP contribution in [0.5, 0.6) is 5.75 Å². The van der Waals surface area contributed by atoms with Crippen LogP contribution in [0, 0.1) is 11.8 Å². The number of halogens is 1. The lowest BCUT2D eigenvalue weighted by Crippen LogP contribution is -2.43. The van der Waals surface area contributed by atoms with Crippen LogP contribution in [0.1, 0.15) is 15.9 Å². The molecule has 2 fully saturated rings. The summed E-state index contributed by atoms with van der Waals surface area (Å²) in [6.45, 7) is 0. The van der Waals surface area contributed by atoms with Crippen LogP contribution in [0.15, 0.2) is 82.6 Å². The largest absolute Gasteiger partial charge is 0.471 e. The summed E-state index contributed by atoms with van der Waals surface area (Å²) in [5, 5.41) is 0. The van der Waals surface area contributed by atoms with Gasteiger partial charge in [-0.3, -0.25) is 0 Å². The zero-order chi connectivity index (χ0) is 25.0. The quantitative estimate of drug-likeness (QED) is 0.244. The molecule has 1 spiro atoms. The summed E-state index contributed by atoms with van der Waals surface area (Å²) in [7, 11) is 1.31. The molecular weight excluding hydrogens is 532 g/mol. The average molecular weight is 551 g/mol. The van der Waals surface area contributed by atoms with Crippen molar-refractivity contribution in [1.82, 2.24) is 0 Å². The molecular formula is C27H19BrO8.